The van der Waals surface area contributed by atoms with Gasteiger partial charge in [-0.25, -0.2) is 4.98 Å². The summed E-state index contributed by atoms with van der Waals surface area (Å²) in [6.45, 7) is 1.33. The van der Waals surface area contributed by atoms with E-state index in [0.717, 1.165) is 16.6 Å². The highest BCUT2D eigenvalue weighted by molar-refractivity contribution is 7.14. The molecule has 0 amide bonds. The number of hydrogen-bond donors (Lipinski definition) is 1. The fourth-order valence-corrected chi connectivity index (χ4v) is 2.48. The number of nitrogens with two attached hydrogens (primary N) is 1. The molecule has 2 aromatic heterocycles. The van der Waals surface area contributed by atoms with Gasteiger partial charge in [-0.2, -0.15) is 0 Å². The van der Waals surface area contributed by atoms with Gasteiger partial charge in [0.05, 0.1) is 5.02 Å². The van der Waals surface area contributed by atoms with Crippen LogP contribution in [0.3, 0.4) is 0 Å². The number of halogens is 1. The van der Waals surface area contributed by atoms with E-state index in [9.17, 15) is 4.79 Å². The lowest BCUT2D eigenvalue weighted by atomic mass is 10.1. The summed E-state index contributed by atoms with van der Waals surface area (Å²) >= 11 is 6.15. The van der Waals surface area contributed by atoms with Crippen LogP contribution in [0.25, 0.3) is 11.0 Å². The molecule has 0 bridgehead atoms. The maximum Gasteiger partial charge on any atom is 0.304 e. The van der Waals surface area contributed by atoms with Crippen LogP contribution >= 0.6 is 21.0 Å². The Balaban J connectivity index is 2.36. The Bertz CT molecular complexity index is 599. The van der Waals surface area contributed by atoms with Gasteiger partial charge in [-0.15, -0.1) is 0 Å². The van der Waals surface area contributed by atoms with Crippen molar-refractivity contribution in [1.29, 1.82) is 0 Å². The van der Waals surface area contributed by atoms with E-state index < -0.39 is 12.2 Å². The van der Waals surface area contributed by atoms with E-state index in [1.54, 1.807) is 16.6 Å². The number of carbonyl (C=O) groups excluding carboxylic acids is 1. The number of carbonyl (C=O) groups is 1. The monoisotopic (exact) mass is 285 g/mol. The van der Waals surface area contributed by atoms with Crippen LogP contribution in [0.2, 0.25) is 5.02 Å². The van der Waals surface area contributed by atoms with Gasteiger partial charge in [0.2, 0.25) is 0 Å². The molecule has 2 N–H and O–H groups in total. The molecule has 0 aliphatic carbocycles. The maximum atomic E-state index is 10.8. The van der Waals surface area contributed by atoms with Gasteiger partial charge in [0, 0.05) is 31.1 Å². The number of fused-ring (bicyclic) bond motifs is 1. The first-order valence-corrected chi connectivity index (χ1v) is 6.20. The normalized spacial score (nSPS) is 12.7. The third kappa shape index (κ3) is 2.64. The molecule has 0 spiro atoms. The van der Waals surface area contributed by atoms with Crippen LogP contribution in [0.15, 0.2) is 18.5 Å². The van der Waals surface area contributed by atoms with E-state index in [1.165, 1.54) is 6.92 Å². The van der Waals surface area contributed by atoms with Crippen LogP contribution in [0.1, 0.15) is 12.5 Å². The summed E-state index contributed by atoms with van der Waals surface area (Å²) < 4.78 is 6.70. The van der Waals surface area contributed by atoms with Crippen molar-refractivity contribution in [3.63, 3.8) is 0 Å². The Kier molecular flexibility index (Phi) is 3.85. The Morgan fingerprint density at radius 3 is 3.11 bits per heavy atom. The molecule has 0 radical (unpaired) electrons. The molecule has 2 rings (SSSR count). The average molecular weight is 286 g/mol. The van der Waals surface area contributed by atoms with Gasteiger partial charge in [-0.1, -0.05) is 11.6 Å². The van der Waals surface area contributed by atoms with Crippen molar-refractivity contribution in [2.24, 2.45) is 5.73 Å². The van der Waals surface area contributed by atoms with Crippen molar-refractivity contribution in [1.82, 2.24) is 9.32 Å². The van der Waals surface area contributed by atoms with E-state index >= 15 is 0 Å². The molecule has 0 aliphatic rings. The molecular formula is C11H13ClN3O2P. The molecule has 2 atom stereocenters. The summed E-state index contributed by atoms with van der Waals surface area (Å²) in [4.78, 5) is 15.1. The molecule has 7 heteroatoms. The minimum Gasteiger partial charge on any atom is -0.447 e. The van der Waals surface area contributed by atoms with Crippen LogP contribution in [0, 0.1) is 0 Å². The topological polar surface area (TPSA) is 70.1 Å². The quantitative estimate of drug-likeness (QED) is 0.529. The molecule has 2 unspecified atom stereocenters. The van der Waals surface area contributed by atoms with Gasteiger partial charge >= 0.3 is 5.97 Å². The van der Waals surface area contributed by atoms with Crippen LogP contribution in [0.4, 0.5) is 0 Å². The van der Waals surface area contributed by atoms with Gasteiger partial charge < -0.3 is 9.07 Å². The van der Waals surface area contributed by atoms with Crippen molar-refractivity contribution in [3.8, 4) is 0 Å². The first kappa shape index (κ1) is 13.3. The molecule has 2 aromatic rings. The number of ether oxygens (including phenoxy) is 1. The van der Waals surface area contributed by atoms with Gasteiger partial charge in [0.25, 0.3) is 0 Å². The number of esters is 1. The van der Waals surface area contributed by atoms with E-state index in [-0.39, 0.29) is 0 Å². The lowest BCUT2D eigenvalue weighted by molar-refractivity contribution is -0.145. The highest BCUT2D eigenvalue weighted by Gasteiger charge is 2.15. The highest BCUT2D eigenvalue weighted by atomic mass is 35.5. The summed E-state index contributed by atoms with van der Waals surface area (Å²) in [6, 6.07) is 1.72. The minimum absolute atomic E-state index is 0.392. The van der Waals surface area contributed by atoms with Crippen molar-refractivity contribution in [2.75, 3.05) is 0 Å². The van der Waals surface area contributed by atoms with Gasteiger partial charge in [0.1, 0.15) is 5.65 Å². The van der Waals surface area contributed by atoms with Crippen LogP contribution in [-0.2, 0) is 16.0 Å². The first-order chi connectivity index (χ1) is 8.49. The number of hydrogen-bond acceptors (Lipinski definition) is 4. The predicted molar refractivity (Wildman–Crippen MR) is 73.3 cm³/mol. The third-order valence-corrected chi connectivity index (χ3v) is 3.19. The Labute approximate surface area is 112 Å². The molecule has 96 valence electrons. The zero-order valence-electron chi connectivity index (χ0n) is 9.76. The van der Waals surface area contributed by atoms with Crippen LogP contribution in [-0.4, -0.2) is 21.5 Å². The van der Waals surface area contributed by atoms with Crippen molar-refractivity contribution >= 4 is 38.0 Å². The second-order valence-electron chi connectivity index (χ2n) is 3.90. The van der Waals surface area contributed by atoms with Crippen molar-refractivity contribution < 1.29 is 9.53 Å². The second-order valence-corrected chi connectivity index (χ2v) is 4.87. The molecule has 0 fully saturated rings. The van der Waals surface area contributed by atoms with Crippen molar-refractivity contribution in [3.05, 3.63) is 29.0 Å². The summed E-state index contributed by atoms with van der Waals surface area (Å²) in [6.07, 6.45) is 3.20. The van der Waals surface area contributed by atoms with E-state index in [1.807, 2.05) is 6.20 Å². The zero-order chi connectivity index (χ0) is 13.3. The standard InChI is InChI=1S/C11H13ClN3O2P/c1-6(16)17-9(13)4-7-5-15(18)11-10(7)8(12)2-3-14-11/h2-3,5,9H,4,13,18H2,1H3. The predicted octanol–water partition coefficient (Wildman–Crippen LogP) is 1.72. The number of pyridine rings is 1. The SMILES string of the molecule is CC(=O)OC(N)Cc1cn(P)c2nccc(Cl)c12. The third-order valence-electron chi connectivity index (χ3n) is 2.48. The molecule has 0 saturated carbocycles. The molecule has 0 aromatic carbocycles. The summed E-state index contributed by atoms with van der Waals surface area (Å²) in [5.74, 6) is -0.402. The molecule has 18 heavy (non-hydrogen) atoms. The number of aromatic nitrogens is 2. The Morgan fingerprint density at radius 1 is 1.72 bits per heavy atom. The van der Waals surface area contributed by atoms with E-state index in [2.05, 4.69) is 14.4 Å². The number of nitrogens with zero attached hydrogens (tertiary/aromatic N) is 2. The van der Waals surface area contributed by atoms with E-state index in [4.69, 9.17) is 22.1 Å². The fourth-order valence-electron chi connectivity index (χ4n) is 1.84. The largest absolute Gasteiger partial charge is 0.447 e. The van der Waals surface area contributed by atoms with Gasteiger partial charge in [-0.3, -0.25) is 10.5 Å². The maximum absolute atomic E-state index is 10.8. The second kappa shape index (κ2) is 5.22. The summed E-state index contributed by atoms with van der Waals surface area (Å²) in [7, 11) is 2.53. The summed E-state index contributed by atoms with van der Waals surface area (Å²) in [5.41, 5.74) is 7.38. The molecule has 2 heterocycles. The van der Waals surface area contributed by atoms with Crippen molar-refractivity contribution in [2.45, 2.75) is 19.6 Å². The van der Waals surface area contributed by atoms with Gasteiger partial charge in [0.15, 0.2) is 6.23 Å². The van der Waals surface area contributed by atoms with E-state index in [0.29, 0.717) is 11.4 Å². The zero-order valence-corrected chi connectivity index (χ0v) is 11.7. The average Bonchev–Trinajstić information content (AvgIpc) is 2.56. The van der Waals surface area contributed by atoms with Crippen LogP contribution < -0.4 is 5.73 Å². The minimum atomic E-state index is -0.686. The lowest BCUT2D eigenvalue weighted by Gasteiger charge is -2.10. The summed E-state index contributed by atoms with van der Waals surface area (Å²) in [5, 5.41) is 1.43. The fraction of sp³-hybridized carbons (Fsp3) is 0.273. The van der Waals surface area contributed by atoms with Gasteiger partial charge in [-0.05, 0) is 21.0 Å². The highest BCUT2D eigenvalue weighted by Crippen LogP contribution is 2.29. The molecule has 5 nitrogen and oxygen atoms in total. The smallest absolute Gasteiger partial charge is 0.304 e. The Hall–Kier alpha value is -1.16. The number of rotatable bonds is 3. The van der Waals surface area contributed by atoms with Crippen LogP contribution in [0.5, 0.6) is 0 Å². The molecule has 0 saturated heterocycles. The first-order valence-electron chi connectivity index (χ1n) is 5.31. The molecular weight excluding hydrogens is 273 g/mol. The lowest BCUT2D eigenvalue weighted by Crippen LogP contribution is -2.28. The molecule has 0 aliphatic heterocycles. The Morgan fingerprint density at radius 2 is 2.44 bits per heavy atom.